The van der Waals surface area contributed by atoms with Crippen molar-refractivity contribution in [2.75, 3.05) is 18.5 Å². The molecule has 29 heavy (non-hydrogen) atoms. The quantitative estimate of drug-likeness (QED) is 0.572. The summed E-state index contributed by atoms with van der Waals surface area (Å²) in [7, 11) is 0. The largest absolute Gasteiger partial charge is 0.488 e. The van der Waals surface area contributed by atoms with Gasteiger partial charge in [-0.2, -0.15) is 0 Å². The van der Waals surface area contributed by atoms with Crippen molar-refractivity contribution >= 4 is 27.5 Å². The van der Waals surface area contributed by atoms with E-state index in [0.717, 1.165) is 5.56 Å². The lowest BCUT2D eigenvalue weighted by atomic mass is 10.1. The Morgan fingerprint density at radius 3 is 2.48 bits per heavy atom. The van der Waals surface area contributed by atoms with E-state index in [1.165, 1.54) is 12.1 Å². The predicted molar refractivity (Wildman–Crippen MR) is 110 cm³/mol. The number of nitrogens with one attached hydrogen (secondary N) is 1. The maximum atomic E-state index is 13.1. The number of para-hydroxylation sites is 1. The molecule has 0 saturated heterocycles. The fraction of sp³-hybridized carbons (Fsp3) is 0.136. The molecule has 1 amide bonds. The highest BCUT2D eigenvalue weighted by Crippen LogP contribution is 2.38. The van der Waals surface area contributed by atoms with Crippen LogP contribution >= 0.6 is 15.9 Å². The van der Waals surface area contributed by atoms with E-state index in [9.17, 15) is 9.18 Å². The van der Waals surface area contributed by atoms with E-state index < -0.39 is 0 Å². The minimum absolute atomic E-state index is 0.221. The molecule has 0 bridgehead atoms. The number of halogens is 2. The lowest BCUT2D eigenvalue weighted by Gasteiger charge is -2.20. The van der Waals surface area contributed by atoms with Gasteiger partial charge in [-0.1, -0.05) is 24.3 Å². The van der Waals surface area contributed by atoms with Crippen molar-refractivity contribution in [3.63, 3.8) is 0 Å². The van der Waals surface area contributed by atoms with E-state index in [1.54, 1.807) is 48.5 Å². The van der Waals surface area contributed by atoms with Crippen LogP contribution in [0.4, 0.5) is 10.1 Å². The number of hydrogen-bond acceptors (Lipinski definition) is 4. The molecule has 0 atom stereocenters. The van der Waals surface area contributed by atoms with Gasteiger partial charge in [0.25, 0.3) is 5.91 Å². The van der Waals surface area contributed by atoms with Crippen LogP contribution in [-0.2, 0) is 6.61 Å². The summed E-state index contributed by atoms with van der Waals surface area (Å²) >= 11 is 3.45. The summed E-state index contributed by atoms with van der Waals surface area (Å²) in [6.45, 7) is 1.17. The third-order valence-electron chi connectivity index (χ3n) is 4.32. The van der Waals surface area contributed by atoms with Gasteiger partial charge in [0.1, 0.15) is 31.4 Å². The van der Waals surface area contributed by atoms with Crippen LogP contribution in [0.25, 0.3) is 0 Å². The monoisotopic (exact) mass is 457 g/mol. The number of carbonyl (C=O) groups is 1. The van der Waals surface area contributed by atoms with Gasteiger partial charge in [0.05, 0.1) is 11.3 Å². The standard InChI is InChI=1S/C22H17BrFNO4/c23-17-11-20-21(28-10-9-27-20)12-18(17)25-22(26)16-3-1-2-4-19(16)29-13-14-5-7-15(24)8-6-14/h1-8,11-12H,9-10,13H2,(H,25,26). The van der Waals surface area contributed by atoms with Gasteiger partial charge in [-0.3, -0.25) is 4.79 Å². The van der Waals surface area contributed by atoms with Crippen LogP contribution in [-0.4, -0.2) is 19.1 Å². The van der Waals surface area contributed by atoms with E-state index in [1.807, 2.05) is 0 Å². The molecule has 5 nitrogen and oxygen atoms in total. The highest BCUT2D eigenvalue weighted by Gasteiger charge is 2.18. The molecule has 1 heterocycles. The third kappa shape index (κ3) is 4.51. The SMILES string of the molecule is O=C(Nc1cc2c(cc1Br)OCCO2)c1ccccc1OCc1ccc(F)cc1. The van der Waals surface area contributed by atoms with Crippen LogP contribution in [0.1, 0.15) is 15.9 Å². The fourth-order valence-electron chi connectivity index (χ4n) is 2.87. The summed E-state index contributed by atoms with van der Waals surface area (Å²) in [6.07, 6.45) is 0. The Labute approximate surface area is 175 Å². The van der Waals surface area contributed by atoms with Crippen molar-refractivity contribution in [3.8, 4) is 17.2 Å². The molecule has 0 saturated carbocycles. The Bertz CT molecular complexity index is 1040. The van der Waals surface area contributed by atoms with Gasteiger partial charge in [-0.15, -0.1) is 0 Å². The second-order valence-electron chi connectivity index (χ2n) is 6.34. The Morgan fingerprint density at radius 1 is 1.03 bits per heavy atom. The average Bonchev–Trinajstić information content (AvgIpc) is 2.74. The van der Waals surface area contributed by atoms with Crippen molar-refractivity contribution in [2.24, 2.45) is 0 Å². The summed E-state index contributed by atoms with van der Waals surface area (Å²) in [4.78, 5) is 12.9. The second kappa shape index (κ2) is 8.53. The molecular weight excluding hydrogens is 441 g/mol. The number of fused-ring (bicyclic) bond motifs is 1. The van der Waals surface area contributed by atoms with E-state index in [-0.39, 0.29) is 18.3 Å². The van der Waals surface area contributed by atoms with Gasteiger partial charge in [0.15, 0.2) is 11.5 Å². The predicted octanol–water partition coefficient (Wildman–Crippen LogP) is 5.19. The maximum absolute atomic E-state index is 13.1. The maximum Gasteiger partial charge on any atom is 0.259 e. The molecule has 148 valence electrons. The van der Waals surface area contributed by atoms with E-state index in [0.29, 0.717) is 46.2 Å². The van der Waals surface area contributed by atoms with E-state index in [4.69, 9.17) is 14.2 Å². The molecule has 0 spiro atoms. The van der Waals surface area contributed by atoms with Crippen LogP contribution < -0.4 is 19.5 Å². The van der Waals surface area contributed by atoms with Crippen LogP contribution in [0, 0.1) is 5.82 Å². The van der Waals surface area contributed by atoms with Gasteiger partial charge in [0.2, 0.25) is 0 Å². The van der Waals surface area contributed by atoms with Crippen LogP contribution in [0.5, 0.6) is 17.2 Å². The Kier molecular flexibility index (Phi) is 5.67. The molecular formula is C22H17BrFNO4. The normalized spacial score (nSPS) is 12.3. The number of benzene rings is 3. The van der Waals surface area contributed by atoms with Gasteiger partial charge in [-0.05, 0) is 45.8 Å². The Hall–Kier alpha value is -3.06. The molecule has 1 aliphatic rings. The molecule has 3 aromatic rings. The van der Waals surface area contributed by atoms with E-state index >= 15 is 0 Å². The number of amides is 1. The fourth-order valence-corrected chi connectivity index (χ4v) is 3.29. The number of anilines is 1. The first-order chi connectivity index (χ1) is 14.1. The highest BCUT2D eigenvalue weighted by molar-refractivity contribution is 9.10. The zero-order valence-electron chi connectivity index (χ0n) is 15.3. The molecule has 3 aromatic carbocycles. The zero-order chi connectivity index (χ0) is 20.2. The summed E-state index contributed by atoms with van der Waals surface area (Å²) < 4.78 is 30.6. The first-order valence-electron chi connectivity index (χ1n) is 8.97. The summed E-state index contributed by atoms with van der Waals surface area (Å²) in [5, 5.41) is 2.87. The zero-order valence-corrected chi connectivity index (χ0v) is 16.9. The Balaban J connectivity index is 1.51. The minimum atomic E-state index is -0.322. The number of rotatable bonds is 5. The smallest absolute Gasteiger partial charge is 0.259 e. The van der Waals surface area contributed by atoms with Crippen molar-refractivity contribution in [2.45, 2.75) is 6.61 Å². The van der Waals surface area contributed by atoms with Crippen molar-refractivity contribution in [1.29, 1.82) is 0 Å². The third-order valence-corrected chi connectivity index (χ3v) is 4.98. The first kappa shape index (κ1) is 19.3. The Morgan fingerprint density at radius 2 is 1.72 bits per heavy atom. The second-order valence-corrected chi connectivity index (χ2v) is 7.20. The van der Waals surface area contributed by atoms with Crippen molar-refractivity contribution < 1.29 is 23.4 Å². The molecule has 1 aliphatic heterocycles. The molecule has 1 N–H and O–H groups in total. The average molecular weight is 458 g/mol. The van der Waals surface area contributed by atoms with E-state index in [2.05, 4.69) is 21.2 Å². The lowest BCUT2D eigenvalue weighted by molar-refractivity contribution is 0.102. The number of carbonyl (C=O) groups excluding carboxylic acids is 1. The van der Waals surface area contributed by atoms with Crippen LogP contribution in [0.3, 0.4) is 0 Å². The molecule has 4 rings (SSSR count). The summed E-state index contributed by atoms with van der Waals surface area (Å²) in [5.41, 5.74) is 1.75. The van der Waals surface area contributed by atoms with Gasteiger partial charge >= 0.3 is 0 Å². The first-order valence-corrected chi connectivity index (χ1v) is 9.76. The molecule has 0 aromatic heterocycles. The topological polar surface area (TPSA) is 56.8 Å². The summed E-state index contributed by atoms with van der Waals surface area (Å²) in [6, 6.07) is 16.5. The van der Waals surface area contributed by atoms with Gasteiger partial charge < -0.3 is 19.5 Å². The molecule has 0 radical (unpaired) electrons. The highest BCUT2D eigenvalue weighted by atomic mass is 79.9. The van der Waals surface area contributed by atoms with Gasteiger partial charge in [0, 0.05) is 16.6 Å². The molecule has 0 unspecified atom stereocenters. The molecule has 0 fully saturated rings. The number of ether oxygens (including phenoxy) is 3. The number of hydrogen-bond donors (Lipinski definition) is 1. The lowest BCUT2D eigenvalue weighted by Crippen LogP contribution is -2.17. The van der Waals surface area contributed by atoms with Crippen molar-refractivity contribution in [1.82, 2.24) is 0 Å². The van der Waals surface area contributed by atoms with Gasteiger partial charge in [-0.25, -0.2) is 4.39 Å². The van der Waals surface area contributed by atoms with Crippen LogP contribution in [0.15, 0.2) is 65.1 Å². The molecule has 0 aliphatic carbocycles. The van der Waals surface area contributed by atoms with Crippen LogP contribution in [0.2, 0.25) is 0 Å². The van der Waals surface area contributed by atoms with Crippen molar-refractivity contribution in [3.05, 3.63) is 82.1 Å². The molecule has 7 heteroatoms. The summed E-state index contributed by atoms with van der Waals surface area (Å²) in [5.74, 6) is 1.01. The minimum Gasteiger partial charge on any atom is -0.488 e.